The maximum absolute atomic E-state index is 9.59. The fraction of sp³-hybridized carbons (Fsp3) is 1.00. The third kappa shape index (κ3) is 2.71. The molecule has 114 valence electrons. The van der Waals surface area contributed by atoms with Crippen molar-refractivity contribution >= 4 is 0 Å². The first-order valence-corrected chi connectivity index (χ1v) is 7.59. The fourth-order valence-electron chi connectivity index (χ4n) is 5.09. The van der Waals surface area contributed by atoms with E-state index in [9.17, 15) is 5.26 Å². The Labute approximate surface area is 119 Å². The Morgan fingerprint density at radius 1 is 1.00 bits per heavy atom. The summed E-state index contributed by atoms with van der Waals surface area (Å²) in [5.74, 6) is 0.368. The van der Waals surface area contributed by atoms with Crippen LogP contribution in [0.15, 0.2) is 0 Å². The highest BCUT2D eigenvalue weighted by molar-refractivity contribution is 5.09. The topological polar surface area (TPSA) is 29.5 Å². The van der Waals surface area contributed by atoms with E-state index in [2.05, 4.69) is 62.3 Å². The summed E-state index contributed by atoms with van der Waals surface area (Å²) in [6, 6.07) is 0. The molecule has 1 aliphatic carbocycles. The predicted molar refractivity (Wildman–Crippen MR) is 81.0 cm³/mol. The van der Waals surface area contributed by atoms with Crippen LogP contribution in [0.2, 0.25) is 0 Å². The van der Waals surface area contributed by atoms with E-state index in [1.165, 1.54) is 0 Å². The molecule has 1 saturated carbocycles. The highest BCUT2D eigenvalue weighted by atomic mass is 17.1. The van der Waals surface area contributed by atoms with Crippen molar-refractivity contribution in [1.29, 1.82) is 0 Å². The fourth-order valence-corrected chi connectivity index (χ4v) is 5.09. The smallest absolute Gasteiger partial charge is 0.102 e. The Hall–Kier alpha value is -0.0800. The van der Waals surface area contributed by atoms with E-state index < -0.39 is 0 Å². The normalized spacial score (nSPS) is 31.3. The zero-order chi connectivity index (χ0) is 15.3. The van der Waals surface area contributed by atoms with Crippen LogP contribution < -0.4 is 0 Å². The molecule has 19 heavy (non-hydrogen) atoms. The Balaban J connectivity index is 3.47. The van der Waals surface area contributed by atoms with Gasteiger partial charge in [-0.3, -0.25) is 5.26 Å². The molecule has 0 aromatic carbocycles. The van der Waals surface area contributed by atoms with Crippen molar-refractivity contribution < 1.29 is 10.1 Å². The molecule has 0 spiro atoms. The average molecular weight is 270 g/mol. The summed E-state index contributed by atoms with van der Waals surface area (Å²) in [6.07, 6.45) is 2.09. The molecule has 1 N–H and O–H groups in total. The zero-order valence-electron chi connectivity index (χ0n) is 14.4. The molecule has 0 radical (unpaired) electrons. The van der Waals surface area contributed by atoms with Gasteiger partial charge in [0.25, 0.3) is 0 Å². The first-order chi connectivity index (χ1) is 8.28. The summed E-state index contributed by atoms with van der Waals surface area (Å²) in [4.78, 5) is 5.07. The van der Waals surface area contributed by atoms with Crippen LogP contribution >= 0.6 is 0 Å². The monoisotopic (exact) mass is 270 g/mol. The van der Waals surface area contributed by atoms with Crippen molar-refractivity contribution in [2.75, 3.05) is 0 Å². The van der Waals surface area contributed by atoms with E-state index in [-0.39, 0.29) is 27.8 Å². The molecule has 0 aliphatic heterocycles. The lowest BCUT2D eigenvalue weighted by atomic mass is 9.43. The molecule has 2 nitrogen and oxygen atoms in total. The molecule has 1 fully saturated rings. The van der Waals surface area contributed by atoms with Gasteiger partial charge in [0.15, 0.2) is 0 Å². The highest BCUT2D eigenvalue weighted by Crippen LogP contribution is 2.64. The van der Waals surface area contributed by atoms with Crippen LogP contribution in [-0.2, 0) is 4.89 Å². The van der Waals surface area contributed by atoms with E-state index >= 15 is 0 Å². The van der Waals surface area contributed by atoms with Gasteiger partial charge in [0.1, 0.15) is 6.10 Å². The summed E-state index contributed by atoms with van der Waals surface area (Å²) >= 11 is 0. The molecule has 2 heteroatoms. The van der Waals surface area contributed by atoms with E-state index in [1.54, 1.807) is 0 Å². The third-order valence-electron chi connectivity index (χ3n) is 5.42. The van der Waals surface area contributed by atoms with Crippen LogP contribution in [0.4, 0.5) is 0 Å². The Kier molecular flexibility index (Phi) is 4.23. The van der Waals surface area contributed by atoms with E-state index in [0.717, 1.165) is 12.8 Å². The van der Waals surface area contributed by atoms with Crippen molar-refractivity contribution in [3.05, 3.63) is 0 Å². The average Bonchev–Trinajstić information content (AvgIpc) is 2.11. The van der Waals surface area contributed by atoms with Crippen molar-refractivity contribution in [3.63, 3.8) is 0 Å². The maximum atomic E-state index is 9.59. The lowest BCUT2D eigenvalue weighted by Gasteiger charge is -2.63. The third-order valence-corrected chi connectivity index (χ3v) is 5.42. The van der Waals surface area contributed by atoms with Crippen LogP contribution in [-0.4, -0.2) is 11.4 Å². The summed E-state index contributed by atoms with van der Waals surface area (Å²) in [7, 11) is 0. The van der Waals surface area contributed by atoms with Crippen LogP contribution in [0.3, 0.4) is 0 Å². The summed E-state index contributed by atoms with van der Waals surface area (Å²) in [5, 5.41) is 9.59. The SMILES string of the molecule is CC1CC(C)(C)CC(C(C)(C)C)(C(C)(C)C)C1OO. The molecular weight excluding hydrogens is 236 g/mol. The van der Waals surface area contributed by atoms with Gasteiger partial charge >= 0.3 is 0 Å². The molecule has 0 aromatic rings. The molecule has 0 amide bonds. The Morgan fingerprint density at radius 2 is 1.42 bits per heavy atom. The van der Waals surface area contributed by atoms with E-state index in [1.807, 2.05) is 0 Å². The molecule has 2 unspecified atom stereocenters. The minimum absolute atomic E-state index is 0.0457. The van der Waals surface area contributed by atoms with Crippen molar-refractivity contribution in [1.82, 2.24) is 0 Å². The van der Waals surface area contributed by atoms with Gasteiger partial charge in [0, 0.05) is 5.41 Å². The summed E-state index contributed by atoms with van der Waals surface area (Å²) in [6.45, 7) is 20.7. The Bertz CT molecular complexity index is 303. The van der Waals surface area contributed by atoms with Gasteiger partial charge in [-0.2, -0.15) is 0 Å². The molecule has 0 saturated heterocycles. The van der Waals surface area contributed by atoms with Gasteiger partial charge in [0.05, 0.1) is 0 Å². The number of hydrogen-bond acceptors (Lipinski definition) is 2. The first-order valence-electron chi connectivity index (χ1n) is 7.59. The standard InChI is InChI=1S/C17H34O2/c1-12-10-16(8,9)11-17(13(12)19-18,14(2,3)4)15(5,6)7/h12-13,18H,10-11H2,1-9H3. The molecule has 2 atom stereocenters. The Morgan fingerprint density at radius 3 is 1.74 bits per heavy atom. The van der Waals surface area contributed by atoms with Gasteiger partial charge in [0.2, 0.25) is 0 Å². The van der Waals surface area contributed by atoms with Crippen molar-refractivity contribution in [2.24, 2.45) is 27.6 Å². The number of hydrogen-bond donors (Lipinski definition) is 1. The van der Waals surface area contributed by atoms with Crippen LogP contribution in [0.1, 0.15) is 75.2 Å². The summed E-state index contributed by atoms with van der Waals surface area (Å²) < 4.78 is 0. The summed E-state index contributed by atoms with van der Waals surface area (Å²) in [5.41, 5.74) is 0.389. The zero-order valence-corrected chi connectivity index (χ0v) is 14.4. The second-order valence-corrected chi connectivity index (χ2v) is 9.52. The molecule has 1 rings (SSSR count). The van der Waals surface area contributed by atoms with Crippen molar-refractivity contribution in [3.8, 4) is 0 Å². The van der Waals surface area contributed by atoms with Gasteiger partial charge in [-0.05, 0) is 35.0 Å². The number of rotatable bonds is 1. The van der Waals surface area contributed by atoms with Gasteiger partial charge in [-0.25, -0.2) is 4.89 Å². The second kappa shape index (κ2) is 4.73. The molecule has 0 heterocycles. The second-order valence-electron chi connectivity index (χ2n) is 9.52. The van der Waals surface area contributed by atoms with E-state index in [0.29, 0.717) is 5.92 Å². The minimum atomic E-state index is -0.0967. The van der Waals surface area contributed by atoms with Gasteiger partial charge < -0.3 is 0 Å². The molecular formula is C17H34O2. The van der Waals surface area contributed by atoms with Crippen LogP contribution in [0.25, 0.3) is 0 Å². The lowest BCUT2D eigenvalue weighted by molar-refractivity contribution is -0.356. The first kappa shape index (κ1) is 17.0. The maximum Gasteiger partial charge on any atom is 0.102 e. The van der Waals surface area contributed by atoms with Crippen LogP contribution in [0.5, 0.6) is 0 Å². The lowest BCUT2D eigenvalue weighted by Crippen LogP contribution is -2.61. The quantitative estimate of drug-likeness (QED) is 0.512. The van der Waals surface area contributed by atoms with E-state index in [4.69, 9.17) is 4.89 Å². The minimum Gasteiger partial charge on any atom is -0.252 e. The molecule has 0 bridgehead atoms. The largest absolute Gasteiger partial charge is 0.252 e. The highest BCUT2D eigenvalue weighted by Gasteiger charge is 2.61. The van der Waals surface area contributed by atoms with Crippen molar-refractivity contribution in [2.45, 2.75) is 81.3 Å². The van der Waals surface area contributed by atoms with Crippen LogP contribution in [0, 0.1) is 27.6 Å². The molecule has 0 aromatic heterocycles. The van der Waals surface area contributed by atoms with Gasteiger partial charge in [-0.15, -0.1) is 0 Å². The molecule has 1 aliphatic rings. The van der Waals surface area contributed by atoms with Gasteiger partial charge in [-0.1, -0.05) is 62.3 Å². The predicted octanol–water partition coefficient (Wildman–Crippen LogP) is 5.38.